The van der Waals surface area contributed by atoms with Crippen molar-refractivity contribution >= 4 is 21.6 Å². The normalized spacial score (nSPS) is 11.1. The molecule has 0 fully saturated rings. The molecule has 0 saturated carbocycles. The highest BCUT2D eigenvalue weighted by Gasteiger charge is 2.10. The Balaban J connectivity index is 2.31. The van der Waals surface area contributed by atoms with E-state index in [1.54, 1.807) is 6.20 Å². The summed E-state index contributed by atoms with van der Waals surface area (Å²) in [4.78, 5) is 19.2. The van der Waals surface area contributed by atoms with Gasteiger partial charge in [0.25, 0.3) is 5.56 Å². The molecule has 0 bridgehead atoms. The van der Waals surface area contributed by atoms with Crippen molar-refractivity contribution in [3.05, 3.63) is 34.6 Å². The van der Waals surface area contributed by atoms with Crippen LogP contribution < -0.4 is 5.56 Å². The van der Waals surface area contributed by atoms with Crippen molar-refractivity contribution in [1.29, 1.82) is 0 Å². The van der Waals surface area contributed by atoms with Gasteiger partial charge >= 0.3 is 0 Å². The largest absolute Gasteiger partial charge is 0.312 e. The van der Waals surface area contributed by atoms with Crippen LogP contribution in [0.25, 0.3) is 20.7 Å². The first-order valence-electron chi connectivity index (χ1n) is 4.73. The Bertz CT molecular complexity index is 709. The molecule has 6 heteroatoms. The van der Waals surface area contributed by atoms with E-state index < -0.39 is 0 Å². The maximum absolute atomic E-state index is 11.5. The molecule has 0 aromatic carbocycles. The van der Waals surface area contributed by atoms with Gasteiger partial charge in [-0.05, 0) is 13.0 Å². The molecule has 3 heterocycles. The first kappa shape index (κ1) is 9.29. The van der Waals surface area contributed by atoms with Crippen LogP contribution in [0.2, 0.25) is 0 Å². The second-order valence-corrected chi connectivity index (χ2v) is 4.52. The van der Waals surface area contributed by atoms with Crippen LogP contribution in [-0.2, 0) is 0 Å². The smallest absolute Gasteiger partial charge is 0.268 e. The maximum atomic E-state index is 11.5. The van der Waals surface area contributed by atoms with Crippen molar-refractivity contribution < 1.29 is 0 Å². The van der Waals surface area contributed by atoms with E-state index in [2.05, 4.69) is 20.2 Å². The average molecular weight is 232 g/mol. The second-order valence-electron chi connectivity index (χ2n) is 3.47. The fourth-order valence-corrected chi connectivity index (χ4v) is 2.67. The zero-order valence-electron chi connectivity index (χ0n) is 8.44. The van der Waals surface area contributed by atoms with E-state index in [1.165, 1.54) is 17.7 Å². The van der Waals surface area contributed by atoms with Gasteiger partial charge in [-0.3, -0.25) is 9.89 Å². The number of aromatic amines is 2. The van der Waals surface area contributed by atoms with E-state index in [0.717, 1.165) is 21.7 Å². The van der Waals surface area contributed by atoms with Crippen molar-refractivity contribution in [3.8, 4) is 10.4 Å². The first-order valence-corrected chi connectivity index (χ1v) is 5.55. The van der Waals surface area contributed by atoms with Gasteiger partial charge in [0.2, 0.25) is 0 Å². The van der Waals surface area contributed by atoms with Gasteiger partial charge in [0.05, 0.1) is 18.0 Å². The molecule has 2 N–H and O–H groups in total. The van der Waals surface area contributed by atoms with Gasteiger partial charge in [0.15, 0.2) is 0 Å². The van der Waals surface area contributed by atoms with Crippen LogP contribution in [0, 0.1) is 6.92 Å². The van der Waals surface area contributed by atoms with E-state index in [9.17, 15) is 4.79 Å². The molecule has 0 atom stereocenters. The SMILES string of the molecule is Cc1[nH]ncc1-c1cc2nc[nH]c(=O)c2s1. The van der Waals surface area contributed by atoms with Crippen LogP contribution in [-0.4, -0.2) is 20.2 Å². The minimum absolute atomic E-state index is 0.0950. The van der Waals surface area contributed by atoms with E-state index in [4.69, 9.17) is 0 Å². The summed E-state index contributed by atoms with van der Waals surface area (Å²) in [5.74, 6) is 0. The lowest BCUT2D eigenvalue weighted by atomic mass is 10.2. The molecule has 5 nitrogen and oxygen atoms in total. The predicted octanol–water partition coefficient (Wildman–Crippen LogP) is 1.68. The van der Waals surface area contributed by atoms with Gasteiger partial charge in [-0.15, -0.1) is 11.3 Å². The van der Waals surface area contributed by atoms with Gasteiger partial charge in [0, 0.05) is 16.1 Å². The minimum atomic E-state index is -0.0950. The highest BCUT2D eigenvalue weighted by molar-refractivity contribution is 7.22. The van der Waals surface area contributed by atoms with Crippen LogP contribution in [0.4, 0.5) is 0 Å². The number of nitrogens with one attached hydrogen (secondary N) is 2. The van der Waals surface area contributed by atoms with Crippen LogP contribution >= 0.6 is 11.3 Å². The van der Waals surface area contributed by atoms with Gasteiger partial charge in [-0.2, -0.15) is 5.10 Å². The quantitative estimate of drug-likeness (QED) is 0.670. The third-order valence-electron chi connectivity index (χ3n) is 2.41. The molecule has 0 aliphatic carbocycles. The molecule has 0 saturated heterocycles. The summed E-state index contributed by atoms with van der Waals surface area (Å²) in [6.07, 6.45) is 3.18. The number of hydrogen-bond donors (Lipinski definition) is 2. The topological polar surface area (TPSA) is 74.4 Å². The van der Waals surface area contributed by atoms with Crippen molar-refractivity contribution in [1.82, 2.24) is 20.2 Å². The van der Waals surface area contributed by atoms with E-state index in [1.807, 2.05) is 13.0 Å². The van der Waals surface area contributed by atoms with Crippen molar-refractivity contribution in [2.24, 2.45) is 0 Å². The fourth-order valence-electron chi connectivity index (χ4n) is 1.60. The molecule has 80 valence electrons. The minimum Gasteiger partial charge on any atom is -0.312 e. The van der Waals surface area contributed by atoms with E-state index in [-0.39, 0.29) is 5.56 Å². The van der Waals surface area contributed by atoms with Gasteiger partial charge in [-0.1, -0.05) is 0 Å². The summed E-state index contributed by atoms with van der Waals surface area (Å²) >= 11 is 1.43. The molecule has 0 aliphatic heterocycles. The Kier molecular flexibility index (Phi) is 1.90. The summed E-state index contributed by atoms with van der Waals surface area (Å²) in [6.45, 7) is 1.95. The summed E-state index contributed by atoms with van der Waals surface area (Å²) in [6, 6.07) is 1.91. The van der Waals surface area contributed by atoms with Gasteiger partial charge in [-0.25, -0.2) is 4.98 Å². The Morgan fingerprint density at radius 2 is 2.31 bits per heavy atom. The van der Waals surface area contributed by atoms with E-state index in [0.29, 0.717) is 4.70 Å². The second kappa shape index (κ2) is 3.28. The van der Waals surface area contributed by atoms with Crippen LogP contribution in [0.3, 0.4) is 0 Å². The number of nitrogens with zero attached hydrogens (tertiary/aromatic N) is 2. The molecular formula is C10H8N4OS. The van der Waals surface area contributed by atoms with Crippen molar-refractivity contribution in [2.45, 2.75) is 6.92 Å². The third-order valence-corrected chi connectivity index (χ3v) is 3.57. The Morgan fingerprint density at radius 1 is 1.44 bits per heavy atom. The van der Waals surface area contributed by atoms with Crippen LogP contribution in [0.5, 0.6) is 0 Å². The van der Waals surface area contributed by atoms with Crippen molar-refractivity contribution in [2.75, 3.05) is 0 Å². The standard InChI is InChI=1S/C10H8N4OS/c1-5-6(3-13-14-5)8-2-7-9(16-8)10(15)12-4-11-7/h2-4H,1H3,(H,13,14)(H,11,12,15). The van der Waals surface area contributed by atoms with Crippen LogP contribution in [0.15, 0.2) is 23.4 Å². The molecule has 0 aliphatic rings. The average Bonchev–Trinajstić information content (AvgIpc) is 2.84. The number of thiophene rings is 1. The molecule has 0 amide bonds. The number of aromatic nitrogens is 4. The lowest BCUT2D eigenvalue weighted by molar-refractivity contribution is 1.05. The van der Waals surface area contributed by atoms with Gasteiger partial charge < -0.3 is 4.98 Å². The molecule has 3 rings (SSSR count). The molecule has 16 heavy (non-hydrogen) atoms. The zero-order valence-corrected chi connectivity index (χ0v) is 9.26. The summed E-state index contributed by atoms with van der Waals surface area (Å²) < 4.78 is 0.651. The number of H-pyrrole nitrogens is 2. The third kappa shape index (κ3) is 1.27. The number of rotatable bonds is 1. The zero-order chi connectivity index (χ0) is 11.1. The highest BCUT2D eigenvalue weighted by atomic mass is 32.1. The lowest BCUT2D eigenvalue weighted by Gasteiger charge is -1.90. The number of fused-ring (bicyclic) bond motifs is 1. The monoisotopic (exact) mass is 232 g/mol. The number of aryl methyl sites for hydroxylation is 1. The Morgan fingerprint density at radius 3 is 3.00 bits per heavy atom. The molecule has 0 unspecified atom stereocenters. The van der Waals surface area contributed by atoms with Crippen molar-refractivity contribution in [3.63, 3.8) is 0 Å². The summed E-state index contributed by atoms with van der Waals surface area (Å²) in [7, 11) is 0. The highest BCUT2D eigenvalue weighted by Crippen LogP contribution is 2.31. The Hall–Kier alpha value is -1.95. The van der Waals surface area contributed by atoms with Gasteiger partial charge in [0.1, 0.15) is 4.70 Å². The number of hydrogen-bond acceptors (Lipinski definition) is 4. The maximum Gasteiger partial charge on any atom is 0.268 e. The predicted molar refractivity (Wildman–Crippen MR) is 62.6 cm³/mol. The summed E-state index contributed by atoms with van der Waals surface area (Å²) in [5.41, 5.74) is 2.64. The lowest BCUT2D eigenvalue weighted by Crippen LogP contribution is -2.02. The molecule has 0 radical (unpaired) electrons. The molecule has 0 spiro atoms. The fraction of sp³-hybridized carbons (Fsp3) is 0.100. The van der Waals surface area contributed by atoms with E-state index >= 15 is 0 Å². The molecule has 3 aromatic rings. The van der Waals surface area contributed by atoms with Crippen LogP contribution in [0.1, 0.15) is 5.69 Å². The molecular weight excluding hydrogens is 224 g/mol. The Labute approximate surface area is 94.2 Å². The first-order chi connectivity index (χ1) is 7.75. The summed E-state index contributed by atoms with van der Waals surface area (Å²) in [5, 5.41) is 6.84. The molecule has 3 aromatic heterocycles.